The average molecular weight is 222 g/mol. The molecule has 0 spiro atoms. The van der Waals surface area contributed by atoms with Crippen LogP contribution in [0.15, 0.2) is 18.3 Å². The minimum atomic E-state index is -1.21. The monoisotopic (exact) mass is 222 g/mol. The molecule has 0 saturated heterocycles. The minimum Gasteiger partial charge on any atom is -0.384 e. The van der Waals surface area contributed by atoms with Gasteiger partial charge in [-0.25, -0.2) is 4.98 Å². The number of Topliss-reactive ketones (excluding diaryl/α,β-unsaturated/α-hetero) is 1. The highest BCUT2D eigenvalue weighted by Crippen LogP contribution is 2.18. The van der Waals surface area contributed by atoms with Crippen LogP contribution in [0.3, 0.4) is 0 Å². The van der Waals surface area contributed by atoms with Crippen molar-refractivity contribution in [1.82, 2.24) is 4.98 Å². The maximum absolute atomic E-state index is 11.9. The van der Waals surface area contributed by atoms with Crippen molar-refractivity contribution < 1.29 is 9.90 Å². The minimum absolute atomic E-state index is 0.164. The Morgan fingerprint density at radius 1 is 1.50 bits per heavy atom. The Labute approximate surface area is 95.5 Å². The van der Waals surface area contributed by atoms with Crippen LogP contribution in [0.1, 0.15) is 32.3 Å². The van der Waals surface area contributed by atoms with E-state index in [-0.39, 0.29) is 12.2 Å². The van der Waals surface area contributed by atoms with Crippen molar-refractivity contribution in [3.63, 3.8) is 0 Å². The number of anilines is 1. The van der Waals surface area contributed by atoms with Crippen LogP contribution in [0.25, 0.3) is 0 Å². The first-order valence-electron chi connectivity index (χ1n) is 5.48. The number of nitrogen functional groups attached to an aromatic ring is 1. The van der Waals surface area contributed by atoms with E-state index in [0.29, 0.717) is 18.7 Å². The SMILES string of the molecule is CCC(O)(CC)C(=O)Cc1ccnc(N)c1. The number of aliphatic hydroxyl groups is 1. The summed E-state index contributed by atoms with van der Waals surface area (Å²) in [5, 5.41) is 10.0. The lowest BCUT2D eigenvalue weighted by Crippen LogP contribution is -2.38. The molecule has 16 heavy (non-hydrogen) atoms. The van der Waals surface area contributed by atoms with Gasteiger partial charge in [-0.3, -0.25) is 4.79 Å². The summed E-state index contributed by atoms with van der Waals surface area (Å²) < 4.78 is 0. The Balaban J connectivity index is 2.78. The molecule has 3 N–H and O–H groups in total. The van der Waals surface area contributed by atoms with E-state index < -0.39 is 5.60 Å². The van der Waals surface area contributed by atoms with Crippen molar-refractivity contribution >= 4 is 11.6 Å². The predicted molar refractivity (Wildman–Crippen MR) is 62.9 cm³/mol. The Morgan fingerprint density at radius 2 is 2.12 bits per heavy atom. The summed E-state index contributed by atoms with van der Waals surface area (Å²) in [6.07, 6.45) is 2.63. The molecule has 4 heteroatoms. The van der Waals surface area contributed by atoms with Crippen LogP contribution in [0.2, 0.25) is 0 Å². The zero-order valence-corrected chi connectivity index (χ0v) is 9.73. The lowest BCUT2D eigenvalue weighted by Gasteiger charge is -2.23. The zero-order chi connectivity index (χ0) is 12.2. The lowest BCUT2D eigenvalue weighted by molar-refractivity contribution is -0.137. The van der Waals surface area contributed by atoms with Gasteiger partial charge in [0.2, 0.25) is 0 Å². The second kappa shape index (κ2) is 5.07. The van der Waals surface area contributed by atoms with Gasteiger partial charge in [0.1, 0.15) is 11.4 Å². The molecule has 0 aromatic carbocycles. The van der Waals surface area contributed by atoms with Crippen LogP contribution >= 0.6 is 0 Å². The number of nitrogens with zero attached hydrogens (tertiary/aromatic N) is 1. The molecule has 0 saturated carbocycles. The Kier molecular flexibility index (Phi) is 4.01. The normalized spacial score (nSPS) is 11.4. The van der Waals surface area contributed by atoms with Gasteiger partial charge in [0.05, 0.1) is 0 Å². The quantitative estimate of drug-likeness (QED) is 0.788. The molecule has 0 aliphatic heterocycles. The van der Waals surface area contributed by atoms with Gasteiger partial charge < -0.3 is 10.8 Å². The van der Waals surface area contributed by atoms with Crippen molar-refractivity contribution in [2.75, 3.05) is 5.73 Å². The van der Waals surface area contributed by atoms with Crippen molar-refractivity contribution in [2.24, 2.45) is 0 Å². The molecule has 0 bridgehead atoms. The third kappa shape index (κ3) is 2.79. The molecule has 4 nitrogen and oxygen atoms in total. The summed E-state index contributed by atoms with van der Waals surface area (Å²) in [6, 6.07) is 3.39. The Morgan fingerprint density at radius 3 is 2.62 bits per heavy atom. The number of pyridine rings is 1. The topological polar surface area (TPSA) is 76.2 Å². The van der Waals surface area contributed by atoms with E-state index in [4.69, 9.17) is 5.73 Å². The van der Waals surface area contributed by atoms with Gasteiger partial charge in [-0.15, -0.1) is 0 Å². The molecule has 0 unspecified atom stereocenters. The highest BCUT2D eigenvalue weighted by atomic mass is 16.3. The summed E-state index contributed by atoms with van der Waals surface area (Å²) in [5.41, 5.74) is 5.10. The molecular formula is C12H18N2O2. The molecular weight excluding hydrogens is 204 g/mol. The maximum atomic E-state index is 11.9. The standard InChI is InChI=1S/C12H18N2O2/c1-3-12(16,4-2)10(15)7-9-5-6-14-11(13)8-9/h5-6,8,16H,3-4,7H2,1-2H3,(H2,13,14). The van der Waals surface area contributed by atoms with Gasteiger partial charge >= 0.3 is 0 Å². The molecule has 0 atom stereocenters. The lowest BCUT2D eigenvalue weighted by atomic mass is 9.89. The van der Waals surface area contributed by atoms with Crippen molar-refractivity contribution in [1.29, 1.82) is 0 Å². The zero-order valence-electron chi connectivity index (χ0n) is 9.73. The van der Waals surface area contributed by atoms with Crippen LogP contribution in [0, 0.1) is 0 Å². The summed E-state index contributed by atoms with van der Waals surface area (Å²) in [5.74, 6) is 0.227. The van der Waals surface area contributed by atoms with Crippen LogP contribution in [0.5, 0.6) is 0 Å². The summed E-state index contributed by atoms with van der Waals surface area (Å²) in [7, 11) is 0. The van der Waals surface area contributed by atoms with E-state index in [1.807, 2.05) is 13.8 Å². The first-order chi connectivity index (χ1) is 7.51. The third-order valence-electron chi connectivity index (χ3n) is 2.90. The number of hydrogen-bond donors (Lipinski definition) is 2. The van der Waals surface area contributed by atoms with E-state index in [1.165, 1.54) is 0 Å². The van der Waals surface area contributed by atoms with E-state index in [9.17, 15) is 9.90 Å². The number of aromatic nitrogens is 1. The fraction of sp³-hybridized carbons (Fsp3) is 0.500. The molecule has 1 aromatic heterocycles. The van der Waals surface area contributed by atoms with Gasteiger partial charge in [-0.1, -0.05) is 13.8 Å². The summed E-state index contributed by atoms with van der Waals surface area (Å²) in [4.78, 5) is 15.8. The smallest absolute Gasteiger partial charge is 0.168 e. The van der Waals surface area contributed by atoms with Gasteiger partial charge in [0.25, 0.3) is 0 Å². The first-order valence-corrected chi connectivity index (χ1v) is 5.48. The van der Waals surface area contributed by atoms with Gasteiger partial charge in [-0.2, -0.15) is 0 Å². The van der Waals surface area contributed by atoms with Crippen LogP contribution < -0.4 is 5.73 Å². The number of hydrogen-bond acceptors (Lipinski definition) is 4. The van der Waals surface area contributed by atoms with Crippen molar-refractivity contribution in [3.8, 4) is 0 Å². The van der Waals surface area contributed by atoms with Crippen LogP contribution in [-0.2, 0) is 11.2 Å². The van der Waals surface area contributed by atoms with E-state index in [2.05, 4.69) is 4.98 Å². The molecule has 0 aliphatic carbocycles. The molecule has 1 rings (SSSR count). The molecule has 1 heterocycles. The number of ketones is 1. The molecule has 0 fully saturated rings. The van der Waals surface area contributed by atoms with Crippen LogP contribution in [0.4, 0.5) is 5.82 Å². The Bertz CT molecular complexity index is 373. The fourth-order valence-corrected chi connectivity index (χ4v) is 1.60. The third-order valence-corrected chi connectivity index (χ3v) is 2.90. The number of rotatable bonds is 5. The highest BCUT2D eigenvalue weighted by molar-refractivity contribution is 5.88. The molecule has 1 aromatic rings. The summed E-state index contributed by atoms with van der Waals surface area (Å²) in [6.45, 7) is 3.62. The first kappa shape index (κ1) is 12.6. The van der Waals surface area contributed by atoms with E-state index in [0.717, 1.165) is 5.56 Å². The fourth-order valence-electron chi connectivity index (χ4n) is 1.60. The second-order valence-corrected chi connectivity index (χ2v) is 3.93. The highest BCUT2D eigenvalue weighted by Gasteiger charge is 2.31. The van der Waals surface area contributed by atoms with Crippen LogP contribution in [-0.4, -0.2) is 21.5 Å². The molecule has 88 valence electrons. The van der Waals surface area contributed by atoms with Gasteiger partial charge in [0, 0.05) is 12.6 Å². The number of carbonyl (C=O) groups is 1. The predicted octanol–water partition coefficient (Wildman–Crippen LogP) is 1.33. The average Bonchev–Trinajstić information content (AvgIpc) is 2.28. The van der Waals surface area contributed by atoms with Gasteiger partial charge in [-0.05, 0) is 30.5 Å². The maximum Gasteiger partial charge on any atom is 0.168 e. The summed E-state index contributed by atoms with van der Waals surface area (Å²) >= 11 is 0. The molecule has 0 radical (unpaired) electrons. The van der Waals surface area contributed by atoms with E-state index >= 15 is 0 Å². The van der Waals surface area contributed by atoms with E-state index in [1.54, 1.807) is 18.3 Å². The van der Waals surface area contributed by atoms with Crippen molar-refractivity contribution in [2.45, 2.75) is 38.7 Å². The number of nitrogens with two attached hydrogens (primary N) is 1. The second-order valence-electron chi connectivity index (χ2n) is 3.93. The largest absolute Gasteiger partial charge is 0.384 e. The molecule has 0 aliphatic rings. The molecule has 0 amide bonds. The number of carbonyl (C=O) groups excluding carboxylic acids is 1. The Hall–Kier alpha value is -1.42. The van der Waals surface area contributed by atoms with Crippen molar-refractivity contribution in [3.05, 3.63) is 23.9 Å². The van der Waals surface area contributed by atoms with Gasteiger partial charge in [0.15, 0.2) is 5.78 Å².